The predicted molar refractivity (Wildman–Crippen MR) is 78.0 cm³/mol. The van der Waals surface area contributed by atoms with Crippen LogP contribution in [0.2, 0.25) is 5.28 Å². The molecule has 7 heteroatoms. The largest absolute Gasteiger partial charge is 0.354 e. The molecular weight excluding hydrogens is 281 g/mol. The molecule has 1 heterocycles. The average molecular weight is 296 g/mol. The van der Waals surface area contributed by atoms with Crippen molar-refractivity contribution in [3.8, 4) is 0 Å². The highest BCUT2D eigenvalue weighted by Crippen LogP contribution is 2.21. The molecule has 1 aromatic heterocycles. The van der Waals surface area contributed by atoms with Gasteiger partial charge in [0.25, 0.3) is 0 Å². The van der Waals surface area contributed by atoms with Crippen LogP contribution in [0.5, 0.6) is 0 Å². The molecule has 0 fully saturated rings. The van der Waals surface area contributed by atoms with Gasteiger partial charge in [-0.15, -0.1) is 0 Å². The van der Waals surface area contributed by atoms with Crippen LogP contribution >= 0.6 is 11.6 Å². The number of hydrogen-bond acceptors (Lipinski definition) is 5. The average Bonchev–Trinajstić information content (AvgIpc) is 2.41. The zero-order chi connectivity index (χ0) is 14.5. The topological polar surface area (TPSA) is 62.7 Å². The Kier molecular flexibility index (Phi) is 4.68. The van der Waals surface area contributed by atoms with Crippen molar-refractivity contribution in [2.75, 3.05) is 17.2 Å². The zero-order valence-electron chi connectivity index (χ0n) is 11.2. The van der Waals surface area contributed by atoms with Gasteiger partial charge in [-0.2, -0.15) is 15.0 Å². The molecule has 5 nitrogen and oxygen atoms in total. The van der Waals surface area contributed by atoms with Gasteiger partial charge in [0.1, 0.15) is 5.82 Å². The van der Waals surface area contributed by atoms with Crippen molar-refractivity contribution in [1.82, 2.24) is 15.0 Å². The van der Waals surface area contributed by atoms with E-state index in [1.54, 1.807) is 19.1 Å². The standard InChI is InChI=1S/C13H15ClFN5/c1-3-7-16-12-18-11(14)19-13(20-12)17-10-6-4-5-9(15)8(10)2/h4-6H,3,7H2,1-2H3,(H2,16,17,18,19,20). The molecule has 0 aliphatic rings. The summed E-state index contributed by atoms with van der Waals surface area (Å²) in [5, 5.41) is 6.05. The number of nitrogens with one attached hydrogen (secondary N) is 2. The fourth-order valence-electron chi connectivity index (χ4n) is 1.59. The Bertz CT molecular complexity index is 605. The summed E-state index contributed by atoms with van der Waals surface area (Å²) in [6.45, 7) is 4.44. The highest BCUT2D eigenvalue weighted by molar-refractivity contribution is 6.28. The molecule has 1 aromatic carbocycles. The number of halogens is 2. The minimum Gasteiger partial charge on any atom is -0.354 e. The third-order valence-corrected chi connectivity index (χ3v) is 2.82. The molecule has 106 valence electrons. The quantitative estimate of drug-likeness (QED) is 0.883. The first-order valence-electron chi connectivity index (χ1n) is 6.27. The van der Waals surface area contributed by atoms with Gasteiger partial charge in [0.2, 0.25) is 17.2 Å². The van der Waals surface area contributed by atoms with Crippen LogP contribution in [0.1, 0.15) is 18.9 Å². The van der Waals surface area contributed by atoms with Gasteiger partial charge in [-0.3, -0.25) is 0 Å². The van der Waals surface area contributed by atoms with Gasteiger partial charge >= 0.3 is 0 Å². The van der Waals surface area contributed by atoms with E-state index in [1.165, 1.54) is 6.07 Å². The van der Waals surface area contributed by atoms with Crippen LogP contribution in [0.4, 0.5) is 22.0 Å². The van der Waals surface area contributed by atoms with E-state index in [1.807, 2.05) is 6.92 Å². The van der Waals surface area contributed by atoms with E-state index in [4.69, 9.17) is 11.6 Å². The van der Waals surface area contributed by atoms with Crippen LogP contribution in [0.3, 0.4) is 0 Å². The summed E-state index contributed by atoms with van der Waals surface area (Å²) in [5.74, 6) is 0.375. The molecule has 2 N–H and O–H groups in total. The first-order chi connectivity index (χ1) is 9.60. The lowest BCUT2D eigenvalue weighted by Crippen LogP contribution is -2.08. The van der Waals surface area contributed by atoms with Crippen molar-refractivity contribution in [1.29, 1.82) is 0 Å². The highest BCUT2D eigenvalue weighted by Gasteiger charge is 2.08. The Balaban J connectivity index is 2.24. The summed E-state index contributed by atoms with van der Waals surface area (Å²) in [6.07, 6.45) is 0.940. The maximum absolute atomic E-state index is 13.5. The molecule has 0 aliphatic heterocycles. The Morgan fingerprint density at radius 3 is 2.70 bits per heavy atom. The second-order valence-corrected chi connectivity index (χ2v) is 4.55. The number of rotatable bonds is 5. The van der Waals surface area contributed by atoms with Gasteiger partial charge in [-0.05, 0) is 37.1 Å². The number of nitrogens with zero attached hydrogens (tertiary/aromatic N) is 3. The Morgan fingerprint density at radius 2 is 1.95 bits per heavy atom. The van der Waals surface area contributed by atoms with Gasteiger partial charge in [0.15, 0.2) is 0 Å². The van der Waals surface area contributed by atoms with Gasteiger partial charge in [-0.25, -0.2) is 4.39 Å². The summed E-state index contributed by atoms with van der Waals surface area (Å²) in [5.41, 5.74) is 1.08. The molecule has 2 rings (SSSR count). The molecule has 20 heavy (non-hydrogen) atoms. The van der Waals surface area contributed by atoms with Crippen molar-refractivity contribution >= 4 is 29.2 Å². The molecule has 0 amide bonds. The lowest BCUT2D eigenvalue weighted by molar-refractivity contribution is 0.619. The van der Waals surface area contributed by atoms with Gasteiger partial charge in [0.05, 0.1) is 0 Å². The monoisotopic (exact) mass is 295 g/mol. The molecule has 0 saturated carbocycles. The summed E-state index contributed by atoms with van der Waals surface area (Å²) >= 11 is 5.85. The summed E-state index contributed by atoms with van der Waals surface area (Å²) in [6, 6.07) is 4.76. The maximum atomic E-state index is 13.5. The van der Waals surface area contributed by atoms with Crippen LogP contribution < -0.4 is 10.6 Å². The molecular formula is C13H15ClFN5. The minimum absolute atomic E-state index is 0.0789. The lowest BCUT2D eigenvalue weighted by atomic mass is 10.2. The molecule has 2 aromatic rings. The highest BCUT2D eigenvalue weighted by atomic mass is 35.5. The van der Waals surface area contributed by atoms with E-state index >= 15 is 0 Å². The minimum atomic E-state index is -0.292. The smallest absolute Gasteiger partial charge is 0.233 e. The molecule has 0 atom stereocenters. The van der Waals surface area contributed by atoms with Crippen LogP contribution in [0.15, 0.2) is 18.2 Å². The molecule has 0 bridgehead atoms. The maximum Gasteiger partial charge on any atom is 0.233 e. The predicted octanol–water partition coefficient (Wildman–Crippen LogP) is 3.54. The van der Waals surface area contributed by atoms with Gasteiger partial charge in [0, 0.05) is 17.8 Å². The number of anilines is 3. The second-order valence-electron chi connectivity index (χ2n) is 4.22. The van der Waals surface area contributed by atoms with Crippen LogP contribution in [0, 0.1) is 12.7 Å². The van der Waals surface area contributed by atoms with Crippen molar-refractivity contribution in [2.24, 2.45) is 0 Å². The van der Waals surface area contributed by atoms with Crippen LogP contribution in [-0.2, 0) is 0 Å². The fraction of sp³-hybridized carbons (Fsp3) is 0.308. The summed E-state index contributed by atoms with van der Waals surface area (Å²) < 4.78 is 13.5. The van der Waals surface area contributed by atoms with E-state index in [0.717, 1.165) is 13.0 Å². The number of benzene rings is 1. The summed E-state index contributed by atoms with van der Waals surface area (Å²) in [4.78, 5) is 12.1. The Morgan fingerprint density at radius 1 is 1.20 bits per heavy atom. The zero-order valence-corrected chi connectivity index (χ0v) is 12.0. The Labute approximate surface area is 121 Å². The van der Waals surface area contributed by atoms with E-state index < -0.39 is 0 Å². The third kappa shape index (κ3) is 3.54. The summed E-state index contributed by atoms with van der Waals surface area (Å²) in [7, 11) is 0. The van der Waals surface area contributed by atoms with Crippen molar-refractivity contribution in [3.05, 3.63) is 34.9 Å². The number of hydrogen-bond donors (Lipinski definition) is 2. The fourth-order valence-corrected chi connectivity index (χ4v) is 1.75. The van der Waals surface area contributed by atoms with Gasteiger partial charge in [-0.1, -0.05) is 13.0 Å². The van der Waals surface area contributed by atoms with Crippen molar-refractivity contribution in [3.63, 3.8) is 0 Å². The first kappa shape index (κ1) is 14.5. The van der Waals surface area contributed by atoms with Crippen LogP contribution in [-0.4, -0.2) is 21.5 Å². The third-order valence-electron chi connectivity index (χ3n) is 2.66. The van der Waals surface area contributed by atoms with Gasteiger partial charge < -0.3 is 10.6 Å². The molecule has 0 radical (unpaired) electrons. The lowest BCUT2D eigenvalue weighted by Gasteiger charge is -2.10. The van der Waals surface area contributed by atoms with Crippen molar-refractivity contribution < 1.29 is 4.39 Å². The second kappa shape index (κ2) is 6.47. The van der Waals surface area contributed by atoms with E-state index in [-0.39, 0.29) is 17.0 Å². The van der Waals surface area contributed by atoms with Crippen LogP contribution in [0.25, 0.3) is 0 Å². The molecule has 0 unspecified atom stereocenters. The number of aromatic nitrogens is 3. The Hall–Kier alpha value is -1.95. The van der Waals surface area contributed by atoms with E-state index in [0.29, 0.717) is 17.2 Å². The SMILES string of the molecule is CCCNc1nc(Cl)nc(Nc2cccc(F)c2C)n1. The normalized spacial score (nSPS) is 10.4. The first-order valence-corrected chi connectivity index (χ1v) is 6.65. The molecule has 0 saturated heterocycles. The molecule has 0 spiro atoms. The van der Waals surface area contributed by atoms with E-state index in [2.05, 4.69) is 25.6 Å². The molecule has 0 aliphatic carbocycles. The van der Waals surface area contributed by atoms with E-state index in [9.17, 15) is 4.39 Å². The van der Waals surface area contributed by atoms with Crippen molar-refractivity contribution in [2.45, 2.75) is 20.3 Å².